The molecule has 1 aliphatic heterocycles. The number of aromatic amines is 1. The predicted octanol–water partition coefficient (Wildman–Crippen LogP) is 3.07. The monoisotopic (exact) mass is 385 g/mol. The lowest BCUT2D eigenvalue weighted by Crippen LogP contribution is -2.67. The zero-order valence-electron chi connectivity index (χ0n) is 16.6. The molecule has 146 valence electrons. The Morgan fingerprint density at radius 1 is 1.21 bits per heavy atom. The first-order chi connectivity index (χ1) is 14.1. The SMILES string of the molecule is CC#Cc1ccc(C(=O)N2CC3(CC(N(C)c4ncnc5[nH]ccc45)C3)C2)cc1. The molecule has 2 aliphatic rings. The number of fused-ring (bicyclic) bond motifs is 1. The Bertz CT molecular complexity index is 1120. The van der Waals surface area contributed by atoms with Crippen molar-refractivity contribution in [3.05, 3.63) is 54.0 Å². The molecule has 29 heavy (non-hydrogen) atoms. The van der Waals surface area contributed by atoms with E-state index in [2.05, 4.69) is 38.7 Å². The molecule has 2 aromatic heterocycles. The average molecular weight is 385 g/mol. The van der Waals surface area contributed by atoms with Crippen LogP contribution in [0.15, 0.2) is 42.9 Å². The van der Waals surface area contributed by atoms with Crippen molar-refractivity contribution in [2.24, 2.45) is 5.41 Å². The molecule has 0 unspecified atom stereocenters. The topological polar surface area (TPSA) is 65.1 Å². The van der Waals surface area contributed by atoms with Crippen molar-refractivity contribution in [2.45, 2.75) is 25.8 Å². The third-order valence-corrected chi connectivity index (χ3v) is 6.29. The molecule has 1 saturated heterocycles. The number of nitrogens with one attached hydrogen (secondary N) is 1. The van der Waals surface area contributed by atoms with Crippen LogP contribution in [0.25, 0.3) is 11.0 Å². The lowest BCUT2D eigenvalue weighted by Gasteiger charge is -2.60. The van der Waals surface area contributed by atoms with Crippen LogP contribution in [0.5, 0.6) is 0 Å². The number of amides is 1. The normalized spacial score (nSPS) is 17.4. The van der Waals surface area contributed by atoms with E-state index in [9.17, 15) is 4.79 Å². The fourth-order valence-corrected chi connectivity index (χ4v) is 4.71. The van der Waals surface area contributed by atoms with E-state index >= 15 is 0 Å². The summed E-state index contributed by atoms with van der Waals surface area (Å²) in [6.45, 7) is 3.50. The molecule has 1 spiro atoms. The van der Waals surface area contributed by atoms with Gasteiger partial charge in [0.05, 0.1) is 5.39 Å². The van der Waals surface area contributed by atoms with Crippen LogP contribution in [0.4, 0.5) is 5.82 Å². The minimum absolute atomic E-state index is 0.119. The van der Waals surface area contributed by atoms with E-state index < -0.39 is 0 Å². The zero-order valence-corrected chi connectivity index (χ0v) is 16.6. The summed E-state index contributed by atoms with van der Waals surface area (Å²) in [4.78, 5) is 28.9. The Hall–Kier alpha value is -3.33. The van der Waals surface area contributed by atoms with Gasteiger partial charge in [-0.1, -0.05) is 5.92 Å². The first-order valence-electron chi connectivity index (χ1n) is 9.92. The van der Waals surface area contributed by atoms with Crippen molar-refractivity contribution < 1.29 is 4.79 Å². The summed E-state index contributed by atoms with van der Waals surface area (Å²) < 4.78 is 0. The Morgan fingerprint density at radius 2 is 1.97 bits per heavy atom. The lowest BCUT2D eigenvalue weighted by molar-refractivity contribution is -0.0541. The number of likely N-dealkylation sites (tertiary alicyclic amines) is 1. The van der Waals surface area contributed by atoms with E-state index in [1.807, 2.05) is 48.4 Å². The van der Waals surface area contributed by atoms with Crippen molar-refractivity contribution in [2.75, 3.05) is 25.0 Å². The van der Waals surface area contributed by atoms with E-state index in [0.29, 0.717) is 6.04 Å². The van der Waals surface area contributed by atoms with Gasteiger partial charge in [0.25, 0.3) is 5.91 Å². The van der Waals surface area contributed by atoms with Gasteiger partial charge in [-0.15, -0.1) is 5.92 Å². The van der Waals surface area contributed by atoms with Crippen LogP contribution in [-0.2, 0) is 0 Å². The van der Waals surface area contributed by atoms with Crippen LogP contribution in [0.2, 0.25) is 0 Å². The van der Waals surface area contributed by atoms with Gasteiger partial charge in [-0.2, -0.15) is 0 Å². The van der Waals surface area contributed by atoms with Gasteiger partial charge in [0.1, 0.15) is 17.8 Å². The lowest BCUT2D eigenvalue weighted by atomic mass is 9.60. The van der Waals surface area contributed by atoms with Gasteiger partial charge < -0.3 is 14.8 Å². The molecule has 5 rings (SSSR count). The molecule has 2 fully saturated rings. The van der Waals surface area contributed by atoms with Crippen molar-refractivity contribution >= 4 is 22.8 Å². The van der Waals surface area contributed by atoms with Gasteiger partial charge in [0.15, 0.2) is 0 Å². The van der Waals surface area contributed by atoms with Gasteiger partial charge in [-0.25, -0.2) is 9.97 Å². The first kappa shape index (κ1) is 17.7. The molecule has 0 radical (unpaired) electrons. The highest BCUT2D eigenvalue weighted by molar-refractivity contribution is 5.95. The van der Waals surface area contributed by atoms with Gasteiger partial charge >= 0.3 is 0 Å². The molecule has 3 heterocycles. The number of carbonyl (C=O) groups excluding carboxylic acids is 1. The zero-order chi connectivity index (χ0) is 20.0. The average Bonchev–Trinajstić information content (AvgIpc) is 3.15. The summed E-state index contributed by atoms with van der Waals surface area (Å²) in [5.74, 6) is 6.98. The first-order valence-corrected chi connectivity index (χ1v) is 9.92. The minimum Gasteiger partial charge on any atom is -0.356 e. The molecule has 6 heteroatoms. The molecule has 1 saturated carbocycles. The van der Waals surface area contributed by atoms with Crippen LogP contribution in [0.3, 0.4) is 0 Å². The molecular formula is C23H23N5O. The van der Waals surface area contributed by atoms with Crippen LogP contribution in [0.1, 0.15) is 35.7 Å². The maximum Gasteiger partial charge on any atom is 0.253 e. The Kier molecular flexibility index (Phi) is 4.06. The van der Waals surface area contributed by atoms with E-state index in [-0.39, 0.29) is 11.3 Å². The number of rotatable bonds is 3. The largest absolute Gasteiger partial charge is 0.356 e. The Morgan fingerprint density at radius 3 is 2.69 bits per heavy atom. The van der Waals surface area contributed by atoms with Gasteiger partial charge in [0.2, 0.25) is 0 Å². The number of anilines is 1. The molecule has 1 N–H and O–H groups in total. The van der Waals surface area contributed by atoms with Gasteiger partial charge in [0, 0.05) is 48.9 Å². The molecule has 0 atom stereocenters. The molecule has 1 aliphatic carbocycles. The van der Waals surface area contributed by atoms with Gasteiger partial charge in [-0.3, -0.25) is 4.79 Å². The third-order valence-electron chi connectivity index (χ3n) is 6.29. The number of benzene rings is 1. The highest BCUT2D eigenvalue weighted by Gasteiger charge is 2.54. The van der Waals surface area contributed by atoms with Crippen LogP contribution in [-0.4, -0.2) is 51.9 Å². The summed E-state index contributed by atoms with van der Waals surface area (Å²) >= 11 is 0. The Labute approximate surface area is 170 Å². The number of carbonyl (C=O) groups is 1. The summed E-state index contributed by atoms with van der Waals surface area (Å²) in [6, 6.07) is 10.1. The second-order valence-corrected chi connectivity index (χ2v) is 8.22. The molecule has 1 aromatic carbocycles. The highest BCUT2D eigenvalue weighted by Crippen LogP contribution is 2.51. The standard InChI is InChI=1S/C23H23N5O/c1-3-4-16-5-7-17(8-6-16)22(29)28-13-23(14-28)11-18(12-23)27(2)21-19-9-10-24-20(19)25-15-26-21/h5-10,15,18H,11-14H2,1-2H3,(H,24,25,26). The number of nitrogens with zero attached hydrogens (tertiary/aromatic N) is 4. The van der Waals surface area contributed by atoms with E-state index in [0.717, 1.165) is 53.9 Å². The molecule has 0 bridgehead atoms. The van der Waals surface area contributed by atoms with E-state index in [1.54, 1.807) is 6.33 Å². The molecular weight excluding hydrogens is 362 g/mol. The second-order valence-electron chi connectivity index (χ2n) is 8.22. The third kappa shape index (κ3) is 2.94. The number of hydrogen-bond donors (Lipinski definition) is 1. The molecule has 6 nitrogen and oxygen atoms in total. The maximum atomic E-state index is 12.7. The van der Waals surface area contributed by atoms with Crippen molar-refractivity contribution in [3.63, 3.8) is 0 Å². The number of H-pyrrole nitrogens is 1. The van der Waals surface area contributed by atoms with Crippen LogP contribution < -0.4 is 4.90 Å². The Balaban J connectivity index is 1.20. The van der Waals surface area contributed by atoms with E-state index in [4.69, 9.17) is 0 Å². The molecule has 1 amide bonds. The fraction of sp³-hybridized carbons (Fsp3) is 0.348. The summed E-state index contributed by atoms with van der Waals surface area (Å²) in [5, 5.41) is 1.05. The van der Waals surface area contributed by atoms with Crippen LogP contribution in [0, 0.1) is 17.3 Å². The van der Waals surface area contributed by atoms with E-state index in [1.165, 1.54) is 0 Å². The van der Waals surface area contributed by atoms with Gasteiger partial charge in [-0.05, 0) is 50.1 Å². The van der Waals surface area contributed by atoms with Crippen LogP contribution >= 0.6 is 0 Å². The van der Waals surface area contributed by atoms with Crippen molar-refractivity contribution in [1.29, 1.82) is 0 Å². The minimum atomic E-state index is 0.119. The summed E-state index contributed by atoms with van der Waals surface area (Å²) in [5.41, 5.74) is 2.82. The predicted molar refractivity (Wildman–Crippen MR) is 113 cm³/mol. The maximum absolute atomic E-state index is 12.7. The summed E-state index contributed by atoms with van der Waals surface area (Å²) in [7, 11) is 2.11. The second kappa shape index (κ2) is 6.63. The summed E-state index contributed by atoms with van der Waals surface area (Å²) in [6.07, 6.45) is 5.69. The van der Waals surface area contributed by atoms with Crippen molar-refractivity contribution in [3.8, 4) is 11.8 Å². The number of aromatic nitrogens is 3. The quantitative estimate of drug-likeness (QED) is 0.704. The smallest absolute Gasteiger partial charge is 0.253 e. The fourth-order valence-electron chi connectivity index (χ4n) is 4.71. The number of hydrogen-bond acceptors (Lipinski definition) is 4. The molecule has 3 aromatic rings. The van der Waals surface area contributed by atoms with Crippen molar-refractivity contribution in [1.82, 2.24) is 19.9 Å². The highest BCUT2D eigenvalue weighted by atomic mass is 16.2.